The molecular formula is C57H65F4N9O7. The van der Waals surface area contributed by atoms with Crippen molar-refractivity contribution in [2.24, 2.45) is 5.92 Å². The molecular weight excluding hydrogens is 999 g/mol. The summed E-state index contributed by atoms with van der Waals surface area (Å²) in [6.07, 6.45) is 7.37. The number of amides is 5. The Hall–Kier alpha value is -7.03. The van der Waals surface area contributed by atoms with Crippen LogP contribution in [0.2, 0.25) is 0 Å². The molecule has 16 nitrogen and oxygen atoms in total. The van der Waals surface area contributed by atoms with E-state index in [9.17, 15) is 41.9 Å². The molecule has 9 rings (SSSR count). The molecule has 0 unspecified atom stereocenters. The van der Waals surface area contributed by atoms with Gasteiger partial charge in [-0.25, -0.2) is 22.7 Å². The summed E-state index contributed by atoms with van der Waals surface area (Å²) >= 11 is 0. The van der Waals surface area contributed by atoms with E-state index in [1.54, 1.807) is 52.3 Å². The van der Waals surface area contributed by atoms with Gasteiger partial charge in [-0.2, -0.15) is 5.10 Å². The number of nitrogens with zero attached hydrogens (tertiary/aromatic N) is 4. The van der Waals surface area contributed by atoms with E-state index >= 15 is 4.39 Å². The van der Waals surface area contributed by atoms with Crippen LogP contribution < -0.4 is 26.8 Å². The quantitative estimate of drug-likeness (QED) is 0.0522. The van der Waals surface area contributed by atoms with Crippen LogP contribution in [0.5, 0.6) is 0 Å². The van der Waals surface area contributed by atoms with Crippen LogP contribution in [0.3, 0.4) is 0 Å². The maximum Gasteiger partial charge on any atom is 0.272 e. The van der Waals surface area contributed by atoms with E-state index in [0.717, 1.165) is 57.1 Å². The Morgan fingerprint density at radius 2 is 1.43 bits per heavy atom. The second kappa shape index (κ2) is 25.4. The summed E-state index contributed by atoms with van der Waals surface area (Å²) in [6, 6.07) is 18.4. The van der Waals surface area contributed by atoms with Crippen molar-refractivity contribution in [2.75, 3.05) is 65.4 Å². The number of carbonyl (C=O) groups excluding carboxylic acids is 5. The van der Waals surface area contributed by atoms with Crippen LogP contribution in [-0.4, -0.2) is 138 Å². The van der Waals surface area contributed by atoms with Crippen molar-refractivity contribution < 1.29 is 46.3 Å². The van der Waals surface area contributed by atoms with Crippen molar-refractivity contribution in [3.63, 3.8) is 0 Å². The lowest BCUT2D eigenvalue weighted by atomic mass is 9.83. The Bertz CT molecular complexity index is 3010. The van der Waals surface area contributed by atoms with Crippen molar-refractivity contribution in [1.29, 1.82) is 0 Å². The van der Waals surface area contributed by atoms with E-state index in [2.05, 4.69) is 31.5 Å². The largest absolute Gasteiger partial charge is 0.375 e. The van der Waals surface area contributed by atoms with Gasteiger partial charge in [0.15, 0.2) is 0 Å². The van der Waals surface area contributed by atoms with E-state index < -0.39 is 41.1 Å². The molecule has 77 heavy (non-hydrogen) atoms. The Morgan fingerprint density at radius 1 is 0.714 bits per heavy atom. The molecule has 0 radical (unpaired) electrons. The molecule has 1 saturated carbocycles. The van der Waals surface area contributed by atoms with E-state index in [0.29, 0.717) is 66.6 Å². The highest BCUT2D eigenvalue weighted by molar-refractivity contribution is 5.98. The molecule has 1 aliphatic carbocycles. The zero-order valence-electron chi connectivity index (χ0n) is 42.9. The second-order valence-electron chi connectivity index (χ2n) is 20.7. The highest BCUT2D eigenvalue weighted by Gasteiger charge is 2.38. The number of likely N-dealkylation sites (tertiary alicyclic amines) is 3. The van der Waals surface area contributed by atoms with E-state index in [4.69, 9.17) is 4.74 Å². The first-order valence-corrected chi connectivity index (χ1v) is 26.8. The first kappa shape index (κ1) is 54.7. The van der Waals surface area contributed by atoms with Crippen LogP contribution in [0, 0.1) is 29.2 Å². The molecule has 5 N–H and O–H groups in total. The van der Waals surface area contributed by atoms with Crippen molar-refractivity contribution in [3.8, 4) is 0 Å². The molecule has 4 heterocycles. The van der Waals surface area contributed by atoms with Gasteiger partial charge < -0.3 is 35.8 Å². The summed E-state index contributed by atoms with van der Waals surface area (Å²) in [6.45, 7) is 3.07. The zero-order valence-corrected chi connectivity index (χ0v) is 42.9. The molecule has 5 amide bonds. The molecule has 0 bridgehead atoms. The maximum atomic E-state index is 16.2. The minimum atomic E-state index is -0.814. The van der Waals surface area contributed by atoms with Crippen LogP contribution in [0.1, 0.15) is 107 Å². The highest BCUT2D eigenvalue weighted by Crippen LogP contribution is 2.32. The Balaban J connectivity index is 0.679. The number of aromatic amines is 1. The molecule has 3 saturated heterocycles. The summed E-state index contributed by atoms with van der Waals surface area (Å²) in [5.41, 5.74) is 1.15. The third-order valence-corrected chi connectivity index (χ3v) is 15.4. The zero-order chi connectivity index (χ0) is 54.0. The van der Waals surface area contributed by atoms with E-state index in [1.807, 2.05) is 4.90 Å². The lowest BCUT2D eigenvalue weighted by molar-refractivity contribution is -0.139. The first-order chi connectivity index (χ1) is 37.3. The molecule has 0 spiro atoms. The topological polar surface area (TPSA) is 198 Å². The molecule has 1 aromatic heterocycles. The average Bonchev–Trinajstić information content (AvgIpc) is 3.42. The van der Waals surface area contributed by atoms with Crippen LogP contribution in [0.25, 0.3) is 10.8 Å². The standard InChI is InChI=1S/C57H65F4N9O7/c58-39-15-14-37(48(60)29-39)30-62-31-51(72)70-32-38(33-70)42-11-6-12-45(52(42)61)55(74)65-53(36-7-2-1-3-8-36)57(76)69-25-19-41(20-26-69)77-40-17-23-68(24-18-40)34-50(71)63-21-22-64-54(73)46-27-35(13-16-47(46)59)28-49-43-9-4-5-10-44(43)56(75)67-66-49/h4-6,9-16,27,29,36,38,40-41,53,62H,1-3,7-8,17-26,28,30-34H2,(H,63,71)(H,64,73)(H,65,74)(H,67,75)/t53-/m1/s1. The molecule has 3 aliphatic heterocycles. The monoisotopic (exact) mass is 1060 g/mol. The molecule has 4 aliphatic rings. The van der Waals surface area contributed by atoms with Crippen molar-refractivity contribution >= 4 is 40.3 Å². The van der Waals surface area contributed by atoms with Crippen molar-refractivity contribution in [1.82, 2.24) is 46.2 Å². The van der Waals surface area contributed by atoms with Gasteiger partial charge in [0.05, 0.1) is 47.5 Å². The third-order valence-electron chi connectivity index (χ3n) is 15.4. The fraction of sp³-hybridized carbons (Fsp3) is 0.456. The van der Waals surface area contributed by atoms with Gasteiger partial charge in [-0.15, -0.1) is 0 Å². The summed E-state index contributed by atoms with van der Waals surface area (Å²) in [5, 5.41) is 19.2. The number of H-pyrrole nitrogens is 1. The first-order valence-electron chi connectivity index (χ1n) is 26.8. The summed E-state index contributed by atoms with van der Waals surface area (Å²) in [7, 11) is 0. The maximum absolute atomic E-state index is 16.2. The third kappa shape index (κ3) is 13.8. The van der Waals surface area contributed by atoms with Crippen molar-refractivity contribution in [2.45, 2.75) is 94.9 Å². The van der Waals surface area contributed by atoms with Crippen LogP contribution in [-0.2, 0) is 32.1 Å². The van der Waals surface area contributed by atoms with Gasteiger partial charge in [0, 0.05) is 88.3 Å². The van der Waals surface area contributed by atoms with Gasteiger partial charge in [-0.1, -0.05) is 61.7 Å². The van der Waals surface area contributed by atoms with Gasteiger partial charge in [-0.05, 0) is 85.9 Å². The number of nitrogens with one attached hydrogen (secondary N) is 5. The Kier molecular flexibility index (Phi) is 18.1. The van der Waals surface area contributed by atoms with Gasteiger partial charge in [-0.3, -0.25) is 33.7 Å². The van der Waals surface area contributed by atoms with Crippen LogP contribution in [0.15, 0.2) is 83.7 Å². The molecule has 20 heteroatoms. The number of ether oxygens (including phenoxy) is 1. The minimum absolute atomic E-state index is 0.00499. The molecule has 4 aromatic carbocycles. The number of piperidine rings is 2. The molecule has 408 valence electrons. The molecule has 5 aromatic rings. The van der Waals surface area contributed by atoms with Crippen LogP contribution >= 0.6 is 0 Å². The van der Waals surface area contributed by atoms with Gasteiger partial charge in [0.1, 0.15) is 29.3 Å². The van der Waals surface area contributed by atoms with Crippen molar-refractivity contribution in [3.05, 3.63) is 146 Å². The Labute approximate surface area is 443 Å². The number of rotatable bonds is 19. The molecule has 4 fully saturated rings. The summed E-state index contributed by atoms with van der Waals surface area (Å²) in [4.78, 5) is 84.4. The number of halogens is 4. The Morgan fingerprint density at radius 3 is 2.17 bits per heavy atom. The minimum Gasteiger partial charge on any atom is -0.375 e. The van der Waals surface area contributed by atoms with Gasteiger partial charge >= 0.3 is 0 Å². The van der Waals surface area contributed by atoms with Gasteiger partial charge in [0.2, 0.25) is 17.7 Å². The fourth-order valence-corrected chi connectivity index (χ4v) is 11.0. The highest BCUT2D eigenvalue weighted by atomic mass is 19.1. The predicted octanol–water partition coefficient (Wildman–Crippen LogP) is 5.48. The number of hydrogen-bond donors (Lipinski definition) is 5. The lowest BCUT2D eigenvalue weighted by Crippen LogP contribution is -2.55. The smallest absolute Gasteiger partial charge is 0.272 e. The number of hydrogen-bond acceptors (Lipinski definition) is 10. The number of aromatic nitrogens is 2. The second-order valence-corrected chi connectivity index (χ2v) is 20.7. The summed E-state index contributed by atoms with van der Waals surface area (Å²) in [5.74, 6) is -5.09. The normalized spacial score (nSPS) is 17.5. The van der Waals surface area contributed by atoms with Crippen LogP contribution in [0.4, 0.5) is 17.6 Å². The summed E-state index contributed by atoms with van der Waals surface area (Å²) < 4.78 is 64.7. The predicted molar refractivity (Wildman–Crippen MR) is 279 cm³/mol. The molecule has 1 atom stereocenters. The van der Waals surface area contributed by atoms with E-state index in [1.165, 1.54) is 24.3 Å². The average molecular weight is 1060 g/mol. The number of fused-ring (bicyclic) bond motifs is 1. The van der Waals surface area contributed by atoms with E-state index in [-0.39, 0.29) is 116 Å². The number of benzene rings is 4. The van der Waals surface area contributed by atoms with Gasteiger partial charge in [0.25, 0.3) is 17.4 Å². The number of carbonyl (C=O) groups is 5. The fourth-order valence-electron chi connectivity index (χ4n) is 11.0. The SMILES string of the molecule is O=C(CN1CCC(OC2CCN(C(=O)[C@H](NC(=O)c3cccc(C4CN(C(=O)CNCc5ccc(F)cc5F)C4)c3F)C3CCCCC3)CC2)CC1)NCCNC(=O)c1cc(Cc2n[nH]c(=O)c3ccccc23)ccc1F. The lowest BCUT2D eigenvalue weighted by Gasteiger charge is -2.40.